The Bertz CT molecular complexity index is 625. The van der Waals surface area contributed by atoms with E-state index in [1.165, 1.54) is 6.92 Å². The predicted molar refractivity (Wildman–Crippen MR) is 88.4 cm³/mol. The van der Waals surface area contributed by atoms with E-state index in [9.17, 15) is 14.4 Å². The molecule has 23 heavy (non-hydrogen) atoms. The lowest BCUT2D eigenvalue weighted by Crippen LogP contribution is -2.51. The van der Waals surface area contributed by atoms with Gasteiger partial charge in [-0.1, -0.05) is 19.9 Å². The predicted octanol–water partition coefficient (Wildman–Crippen LogP) is 2.57. The highest BCUT2D eigenvalue weighted by Crippen LogP contribution is 2.23. The maximum absolute atomic E-state index is 12.5. The monoisotopic (exact) mass is 320 g/mol. The van der Waals surface area contributed by atoms with Crippen molar-refractivity contribution in [3.63, 3.8) is 0 Å². The number of anilines is 1. The Balaban J connectivity index is 3.04. The van der Waals surface area contributed by atoms with E-state index >= 15 is 0 Å². The highest BCUT2D eigenvalue weighted by atomic mass is 16.4. The Morgan fingerprint density at radius 1 is 1.26 bits per heavy atom. The molecule has 0 aliphatic heterocycles. The first-order valence-electron chi connectivity index (χ1n) is 7.47. The van der Waals surface area contributed by atoms with Gasteiger partial charge in [0.1, 0.15) is 0 Å². The summed E-state index contributed by atoms with van der Waals surface area (Å²) in [6.45, 7) is 8.67. The zero-order chi connectivity index (χ0) is 17.8. The van der Waals surface area contributed by atoms with Crippen LogP contribution in [0.2, 0.25) is 0 Å². The minimum absolute atomic E-state index is 0.0530. The van der Waals surface area contributed by atoms with Crippen molar-refractivity contribution < 1.29 is 19.5 Å². The van der Waals surface area contributed by atoms with Crippen molar-refractivity contribution >= 4 is 23.5 Å². The van der Waals surface area contributed by atoms with Crippen LogP contribution in [0.15, 0.2) is 18.2 Å². The van der Waals surface area contributed by atoms with Gasteiger partial charge in [0.15, 0.2) is 0 Å². The van der Waals surface area contributed by atoms with Crippen LogP contribution >= 0.6 is 0 Å². The van der Waals surface area contributed by atoms with Gasteiger partial charge in [-0.2, -0.15) is 0 Å². The molecule has 126 valence electrons. The number of carbonyl (C=O) groups is 3. The van der Waals surface area contributed by atoms with Crippen molar-refractivity contribution in [2.45, 2.75) is 46.6 Å². The minimum atomic E-state index is -0.968. The van der Waals surface area contributed by atoms with Gasteiger partial charge < -0.3 is 15.7 Å². The molecule has 0 saturated carbocycles. The summed E-state index contributed by atoms with van der Waals surface area (Å²) >= 11 is 0. The van der Waals surface area contributed by atoms with E-state index in [1.54, 1.807) is 25.1 Å². The average Bonchev–Trinajstić information content (AvgIpc) is 2.39. The van der Waals surface area contributed by atoms with Gasteiger partial charge in [0, 0.05) is 18.2 Å². The Morgan fingerprint density at radius 2 is 1.87 bits per heavy atom. The van der Waals surface area contributed by atoms with Crippen LogP contribution in [0.4, 0.5) is 5.69 Å². The minimum Gasteiger partial charge on any atom is -0.481 e. The first-order chi connectivity index (χ1) is 10.5. The third-order valence-electron chi connectivity index (χ3n) is 4.00. The van der Waals surface area contributed by atoms with Gasteiger partial charge >= 0.3 is 5.97 Å². The van der Waals surface area contributed by atoms with Crippen molar-refractivity contribution in [2.24, 2.45) is 5.92 Å². The molecular weight excluding hydrogens is 296 g/mol. The average molecular weight is 320 g/mol. The number of carboxylic acid groups (broad SMARTS) is 1. The molecule has 1 unspecified atom stereocenters. The number of aryl methyl sites for hydroxylation is 1. The number of hydrogen-bond acceptors (Lipinski definition) is 3. The van der Waals surface area contributed by atoms with Gasteiger partial charge in [0.25, 0.3) is 5.91 Å². The van der Waals surface area contributed by atoms with Crippen LogP contribution in [0.25, 0.3) is 0 Å². The third-order valence-corrected chi connectivity index (χ3v) is 4.00. The Hall–Kier alpha value is -2.37. The van der Waals surface area contributed by atoms with Crippen LogP contribution in [0.5, 0.6) is 0 Å². The Morgan fingerprint density at radius 3 is 2.35 bits per heavy atom. The van der Waals surface area contributed by atoms with Gasteiger partial charge in [-0.25, -0.2) is 0 Å². The van der Waals surface area contributed by atoms with E-state index in [0.29, 0.717) is 11.3 Å². The molecule has 1 aromatic carbocycles. The second kappa shape index (κ2) is 7.26. The fourth-order valence-corrected chi connectivity index (χ4v) is 2.13. The maximum atomic E-state index is 12.5. The van der Waals surface area contributed by atoms with Crippen molar-refractivity contribution in [1.82, 2.24) is 5.32 Å². The summed E-state index contributed by atoms with van der Waals surface area (Å²) in [6, 6.07) is 4.98. The van der Waals surface area contributed by atoms with E-state index in [1.807, 2.05) is 20.8 Å². The van der Waals surface area contributed by atoms with Crippen LogP contribution in [-0.4, -0.2) is 28.4 Å². The summed E-state index contributed by atoms with van der Waals surface area (Å²) in [6.07, 6.45) is -0.166. The van der Waals surface area contributed by atoms with E-state index in [0.717, 1.165) is 5.56 Å². The number of benzene rings is 1. The SMILES string of the molecule is CC(=O)Nc1cc(C(=O)NC(C)(CC(=O)O)C(C)C)ccc1C. The normalized spacial score (nSPS) is 13.3. The smallest absolute Gasteiger partial charge is 0.305 e. The van der Waals surface area contributed by atoms with Crippen LogP contribution in [0, 0.1) is 12.8 Å². The molecule has 6 heteroatoms. The second-order valence-electron chi connectivity index (χ2n) is 6.31. The van der Waals surface area contributed by atoms with E-state index in [2.05, 4.69) is 10.6 Å². The highest BCUT2D eigenvalue weighted by molar-refractivity contribution is 5.97. The molecule has 1 aromatic rings. The highest BCUT2D eigenvalue weighted by Gasteiger charge is 2.33. The lowest BCUT2D eigenvalue weighted by Gasteiger charge is -2.33. The quantitative estimate of drug-likeness (QED) is 0.750. The number of carbonyl (C=O) groups excluding carboxylic acids is 2. The molecule has 0 aliphatic rings. The number of rotatable bonds is 6. The van der Waals surface area contributed by atoms with Crippen molar-refractivity contribution in [2.75, 3.05) is 5.32 Å². The molecule has 0 spiro atoms. The van der Waals surface area contributed by atoms with Crippen LogP contribution in [0.1, 0.15) is 50.0 Å². The summed E-state index contributed by atoms with van der Waals surface area (Å²) in [5, 5.41) is 14.5. The molecule has 6 nitrogen and oxygen atoms in total. The molecule has 0 bridgehead atoms. The summed E-state index contributed by atoms with van der Waals surface area (Å²) in [4.78, 5) is 34.7. The fraction of sp³-hybridized carbons (Fsp3) is 0.471. The van der Waals surface area contributed by atoms with Gasteiger partial charge in [-0.15, -0.1) is 0 Å². The standard InChI is InChI=1S/C17H24N2O4/c1-10(2)17(5,9-15(21)22)19-16(23)13-7-6-11(3)14(8-13)18-12(4)20/h6-8,10H,9H2,1-5H3,(H,18,20)(H,19,23)(H,21,22). The van der Waals surface area contributed by atoms with Crippen LogP contribution in [0.3, 0.4) is 0 Å². The molecule has 0 aromatic heterocycles. The number of hydrogen-bond donors (Lipinski definition) is 3. The Labute approximate surface area is 136 Å². The Kier molecular flexibility index (Phi) is 5.90. The van der Waals surface area contributed by atoms with E-state index < -0.39 is 11.5 Å². The molecule has 2 amide bonds. The lowest BCUT2D eigenvalue weighted by molar-refractivity contribution is -0.139. The summed E-state index contributed by atoms with van der Waals surface area (Å²) in [5.74, 6) is -1.61. The molecule has 0 heterocycles. The number of nitrogens with one attached hydrogen (secondary N) is 2. The molecule has 1 rings (SSSR count). The van der Waals surface area contributed by atoms with Gasteiger partial charge in [-0.05, 0) is 37.5 Å². The molecule has 0 radical (unpaired) electrons. The van der Waals surface area contributed by atoms with Crippen molar-refractivity contribution in [3.8, 4) is 0 Å². The molecule has 3 N–H and O–H groups in total. The summed E-state index contributed by atoms with van der Waals surface area (Å²) < 4.78 is 0. The molecule has 0 aliphatic carbocycles. The van der Waals surface area contributed by atoms with Gasteiger partial charge in [0.05, 0.1) is 12.0 Å². The number of carboxylic acids is 1. The van der Waals surface area contributed by atoms with Gasteiger partial charge in [-0.3, -0.25) is 14.4 Å². The van der Waals surface area contributed by atoms with Crippen molar-refractivity contribution in [1.29, 1.82) is 0 Å². The van der Waals surface area contributed by atoms with Gasteiger partial charge in [0.2, 0.25) is 5.91 Å². The largest absolute Gasteiger partial charge is 0.481 e. The van der Waals surface area contributed by atoms with Crippen LogP contribution in [-0.2, 0) is 9.59 Å². The molecule has 1 atom stereocenters. The van der Waals surface area contributed by atoms with E-state index in [-0.39, 0.29) is 24.2 Å². The lowest BCUT2D eigenvalue weighted by atomic mass is 9.85. The maximum Gasteiger partial charge on any atom is 0.305 e. The fourth-order valence-electron chi connectivity index (χ4n) is 2.13. The molecule has 0 saturated heterocycles. The zero-order valence-electron chi connectivity index (χ0n) is 14.2. The number of amides is 2. The zero-order valence-corrected chi connectivity index (χ0v) is 14.2. The first-order valence-corrected chi connectivity index (χ1v) is 7.47. The third kappa shape index (κ3) is 5.09. The topological polar surface area (TPSA) is 95.5 Å². The van der Waals surface area contributed by atoms with Crippen molar-refractivity contribution in [3.05, 3.63) is 29.3 Å². The summed E-state index contributed by atoms with van der Waals surface area (Å²) in [5.41, 5.74) is 0.919. The molecular formula is C17H24N2O4. The number of aliphatic carboxylic acids is 1. The van der Waals surface area contributed by atoms with Crippen LogP contribution < -0.4 is 10.6 Å². The first kappa shape index (κ1) is 18.7. The second-order valence-corrected chi connectivity index (χ2v) is 6.31. The molecule has 0 fully saturated rings. The van der Waals surface area contributed by atoms with E-state index in [4.69, 9.17) is 5.11 Å². The summed E-state index contributed by atoms with van der Waals surface area (Å²) in [7, 11) is 0.